The first kappa shape index (κ1) is 19.6. The second-order valence-electron chi connectivity index (χ2n) is 4.87. The molecule has 1 aromatic rings. The fourth-order valence-electron chi connectivity index (χ4n) is 1.59. The number of hydrogen-bond donors (Lipinski definition) is 2. The number of esters is 1. The van der Waals surface area contributed by atoms with Gasteiger partial charge in [0.2, 0.25) is 0 Å². The van der Waals surface area contributed by atoms with Crippen LogP contribution in [0.25, 0.3) is 0 Å². The van der Waals surface area contributed by atoms with Gasteiger partial charge in [0.05, 0.1) is 10.8 Å². The fourth-order valence-corrected chi connectivity index (χ4v) is 2.86. The number of benzene rings is 1. The van der Waals surface area contributed by atoms with E-state index in [1.807, 2.05) is 5.32 Å². The van der Waals surface area contributed by atoms with E-state index >= 15 is 0 Å². The lowest BCUT2D eigenvalue weighted by atomic mass is 10.1. The Morgan fingerprint density at radius 3 is 2.52 bits per heavy atom. The topological polar surface area (TPSA) is 98.5 Å². The van der Waals surface area contributed by atoms with Gasteiger partial charge in [-0.2, -0.15) is 0 Å². The Labute approximate surface area is 148 Å². The van der Waals surface area contributed by atoms with Crippen LogP contribution in [0.1, 0.15) is 13.8 Å². The van der Waals surface area contributed by atoms with Crippen molar-refractivity contribution in [3.63, 3.8) is 0 Å². The van der Waals surface area contributed by atoms with Crippen molar-refractivity contribution in [1.82, 2.24) is 5.32 Å². The van der Waals surface area contributed by atoms with Crippen molar-refractivity contribution in [2.24, 2.45) is 11.7 Å². The van der Waals surface area contributed by atoms with Crippen LogP contribution in [-0.2, 0) is 14.3 Å². The molecular formula is C14H16Cl2N2O4S. The number of imide groups is 1. The largest absolute Gasteiger partial charge is 0.451 e. The van der Waals surface area contributed by atoms with Gasteiger partial charge in [-0.1, -0.05) is 37.0 Å². The van der Waals surface area contributed by atoms with E-state index in [2.05, 4.69) is 0 Å². The minimum absolute atomic E-state index is 0.0624. The first-order chi connectivity index (χ1) is 10.7. The highest BCUT2D eigenvalue weighted by molar-refractivity contribution is 8.00. The normalized spacial score (nSPS) is 11.9. The van der Waals surface area contributed by atoms with Crippen LogP contribution in [0.15, 0.2) is 23.1 Å². The number of carbonyl (C=O) groups excluding carboxylic acids is 3. The van der Waals surface area contributed by atoms with Crippen molar-refractivity contribution in [3.05, 3.63) is 28.2 Å². The van der Waals surface area contributed by atoms with Gasteiger partial charge in [0.1, 0.15) is 0 Å². The molecule has 0 saturated carbocycles. The van der Waals surface area contributed by atoms with Gasteiger partial charge in [-0.15, -0.1) is 11.8 Å². The molecule has 9 heteroatoms. The molecule has 0 fully saturated rings. The number of ether oxygens (including phenoxy) is 1. The average Bonchev–Trinajstić information content (AvgIpc) is 2.44. The van der Waals surface area contributed by atoms with Crippen molar-refractivity contribution < 1.29 is 19.1 Å². The fraction of sp³-hybridized carbons (Fsp3) is 0.357. The molecule has 1 atom stereocenters. The summed E-state index contributed by atoms with van der Waals surface area (Å²) in [6, 6.07) is 3.88. The van der Waals surface area contributed by atoms with E-state index in [1.54, 1.807) is 32.0 Å². The summed E-state index contributed by atoms with van der Waals surface area (Å²) in [7, 11) is 0. The third-order valence-corrected chi connectivity index (χ3v) is 4.31. The van der Waals surface area contributed by atoms with Crippen LogP contribution in [0.4, 0.5) is 4.79 Å². The minimum atomic E-state index is -1.11. The number of hydrogen-bond acceptors (Lipinski definition) is 5. The van der Waals surface area contributed by atoms with Crippen LogP contribution in [-0.4, -0.2) is 29.8 Å². The third kappa shape index (κ3) is 6.68. The maximum Gasteiger partial charge on any atom is 0.318 e. The summed E-state index contributed by atoms with van der Waals surface area (Å²) in [6.45, 7) is 3.36. The molecule has 1 rings (SSSR count). The van der Waals surface area contributed by atoms with Crippen molar-refractivity contribution >= 4 is 52.9 Å². The number of halogens is 2. The Balaban J connectivity index is 2.64. The molecule has 0 unspecified atom stereocenters. The summed E-state index contributed by atoms with van der Waals surface area (Å²) in [6.07, 6.45) is -1.11. The van der Waals surface area contributed by atoms with Crippen LogP contribution in [0.3, 0.4) is 0 Å². The van der Waals surface area contributed by atoms with Crippen LogP contribution < -0.4 is 11.1 Å². The zero-order chi connectivity index (χ0) is 17.6. The van der Waals surface area contributed by atoms with Gasteiger partial charge in [-0.25, -0.2) is 4.79 Å². The summed E-state index contributed by atoms with van der Waals surface area (Å²) in [5.74, 6) is -1.76. The summed E-state index contributed by atoms with van der Waals surface area (Å²) >= 11 is 13.0. The molecule has 0 aromatic heterocycles. The van der Waals surface area contributed by atoms with Crippen molar-refractivity contribution in [2.45, 2.75) is 24.8 Å². The monoisotopic (exact) mass is 378 g/mol. The number of primary amides is 1. The Morgan fingerprint density at radius 1 is 1.30 bits per heavy atom. The number of amides is 3. The van der Waals surface area contributed by atoms with E-state index in [0.29, 0.717) is 14.9 Å². The summed E-state index contributed by atoms with van der Waals surface area (Å²) in [5, 5.41) is 2.85. The van der Waals surface area contributed by atoms with E-state index in [1.165, 1.54) is 0 Å². The van der Waals surface area contributed by atoms with Crippen LogP contribution in [0.2, 0.25) is 10.0 Å². The number of thioether (sulfide) groups is 1. The first-order valence-corrected chi connectivity index (χ1v) is 8.32. The molecule has 0 aliphatic rings. The molecule has 23 heavy (non-hydrogen) atoms. The highest BCUT2D eigenvalue weighted by Gasteiger charge is 2.27. The smallest absolute Gasteiger partial charge is 0.318 e. The number of nitrogens with two attached hydrogens (primary N) is 1. The predicted octanol–water partition coefficient (Wildman–Crippen LogP) is 2.85. The maximum atomic E-state index is 11.9. The first-order valence-electron chi connectivity index (χ1n) is 6.58. The molecule has 0 aliphatic carbocycles. The van der Waals surface area contributed by atoms with Gasteiger partial charge >= 0.3 is 12.0 Å². The van der Waals surface area contributed by atoms with Gasteiger partial charge < -0.3 is 10.5 Å². The molecule has 0 radical (unpaired) electrons. The molecule has 1 aromatic carbocycles. The number of rotatable bonds is 6. The van der Waals surface area contributed by atoms with E-state index in [9.17, 15) is 14.4 Å². The van der Waals surface area contributed by atoms with E-state index in [4.69, 9.17) is 33.7 Å². The van der Waals surface area contributed by atoms with Gasteiger partial charge in [-0.05, 0) is 24.1 Å². The Hall–Kier alpha value is -1.44. The number of nitrogens with one attached hydrogen (secondary N) is 1. The van der Waals surface area contributed by atoms with Crippen molar-refractivity contribution in [1.29, 1.82) is 0 Å². The second kappa shape index (κ2) is 9.00. The van der Waals surface area contributed by atoms with Crippen LogP contribution >= 0.6 is 35.0 Å². The van der Waals surface area contributed by atoms with E-state index in [-0.39, 0.29) is 11.7 Å². The minimum Gasteiger partial charge on any atom is -0.451 e. The summed E-state index contributed by atoms with van der Waals surface area (Å²) in [4.78, 5) is 35.0. The summed E-state index contributed by atoms with van der Waals surface area (Å²) < 4.78 is 5.11. The second-order valence-corrected chi connectivity index (χ2v) is 6.73. The molecule has 3 N–H and O–H groups in total. The zero-order valence-electron chi connectivity index (χ0n) is 12.5. The van der Waals surface area contributed by atoms with Gasteiger partial charge in [0.15, 0.2) is 6.10 Å². The lowest BCUT2D eigenvalue weighted by molar-refractivity contribution is -0.155. The molecule has 0 spiro atoms. The number of carbonyl (C=O) groups is 3. The Bertz CT molecular complexity index is 610. The molecule has 0 heterocycles. The van der Waals surface area contributed by atoms with Gasteiger partial charge in [-0.3, -0.25) is 14.9 Å². The molecular weight excluding hydrogens is 363 g/mol. The number of urea groups is 1. The van der Waals surface area contributed by atoms with Crippen LogP contribution in [0.5, 0.6) is 0 Å². The summed E-state index contributed by atoms with van der Waals surface area (Å²) in [5.41, 5.74) is 4.88. The lowest BCUT2D eigenvalue weighted by Gasteiger charge is -2.19. The third-order valence-electron chi connectivity index (χ3n) is 2.61. The standard InChI is InChI=1S/C14H16Cl2N2O4S/c1-7(2)12(13(20)18-14(17)21)22-11(19)6-23-10-5-8(15)3-4-9(10)16/h3-5,7,12H,6H2,1-2H3,(H3,17,18,20,21)/t12-/m1/s1. The Morgan fingerprint density at radius 2 is 1.96 bits per heavy atom. The van der Waals surface area contributed by atoms with E-state index in [0.717, 1.165) is 11.8 Å². The molecule has 0 saturated heterocycles. The molecule has 0 bridgehead atoms. The molecule has 0 aliphatic heterocycles. The van der Waals surface area contributed by atoms with Gasteiger partial charge in [0, 0.05) is 9.92 Å². The molecule has 126 valence electrons. The maximum absolute atomic E-state index is 11.9. The highest BCUT2D eigenvalue weighted by atomic mass is 35.5. The van der Waals surface area contributed by atoms with Gasteiger partial charge in [0.25, 0.3) is 5.91 Å². The van der Waals surface area contributed by atoms with Crippen molar-refractivity contribution in [3.8, 4) is 0 Å². The molecule has 6 nitrogen and oxygen atoms in total. The quantitative estimate of drug-likeness (QED) is 0.585. The van der Waals surface area contributed by atoms with E-state index < -0.39 is 24.0 Å². The SMILES string of the molecule is CC(C)[C@@H](OC(=O)CSc1cc(Cl)ccc1Cl)C(=O)NC(N)=O. The van der Waals surface area contributed by atoms with Crippen LogP contribution in [0, 0.1) is 5.92 Å². The average molecular weight is 379 g/mol. The van der Waals surface area contributed by atoms with Crippen molar-refractivity contribution in [2.75, 3.05) is 5.75 Å². The predicted molar refractivity (Wildman–Crippen MR) is 89.6 cm³/mol. The lowest BCUT2D eigenvalue weighted by Crippen LogP contribution is -2.45. The zero-order valence-corrected chi connectivity index (χ0v) is 14.8. The highest BCUT2D eigenvalue weighted by Crippen LogP contribution is 2.30. The molecule has 3 amide bonds. The Kier molecular flexibility index (Phi) is 7.67.